The van der Waals surface area contributed by atoms with Gasteiger partial charge in [0.05, 0.1) is 0 Å². The van der Waals surface area contributed by atoms with Crippen LogP contribution in [0.3, 0.4) is 0 Å². The fourth-order valence-electron chi connectivity index (χ4n) is 6.62. The Balaban J connectivity index is 1.15. The van der Waals surface area contributed by atoms with Crippen LogP contribution in [0.25, 0.3) is 10.9 Å². The van der Waals surface area contributed by atoms with E-state index in [1.54, 1.807) is 0 Å². The van der Waals surface area contributed by atoms with E-state index in [-0.39, 0.29) is 17.9 Å². The summed E-state index contributed by atoms with van der Waals surface area (Å²) < 4.78 is 0. The number of carbonyl (C=O) groups is 2. The molecule has 1 aromatic heterocycles. The number of piperidine rings is 1. The van der Waals surface area contributed by atoms with Crippen LogP contribution in [-0.2, 0) is 16.0 Å². The zero-order valence-corrected chi connectivity index (χ0v) is 24.5. The maximum atomic E-state index is 13.6. The van der Waals surface area contributed by atoms with Gasteiger partial charge in [-0.1, -0.05) is 54.8 Å². The molecule has 1 aliphatic carbocycles. The van der Waals surface area contributed by atoms with Gasteiger partial charge in [-0.2, -0.15) is 0 Å². The van der Waals surface area contributed by atoms with Gasteiger partial charge in [0, 0.05) is 73.2 Å². The molecule has 3 aromatic rings. The molecule has 1 unspecified atom stereocenters. The van der Waals surface area contributed by atoms with Gasteiger partial charge < -0.3 is 15.2 Å². The van der Waals surface area contributed by atoms with Crippen molar-refractivity contribution in [2.75, 3.05) is 26.2 Å². The van der Waals surface area contributed by atoms with E-state index < -0.39 is 0 Å². The van der Waals surface area contributed by atoms with Crippen LogP contribution in [0, 0.1) is 5.92 Å². The monoisotopic (exact) mass is 562 g/mol. The molecule has 2 aliphatic rings. The Morgan fingerprint density at radius 2 is 1.77 bits per heavy atom. The van der Waals surface area contributed by atoms with Crippen molar-refractivity contribution in [1.82, 2.24) is 20.1 Å². The molecule has 0 spiro atoms. The molecule has 1 atom stereocenters. The van der Waals surface area contributed by atoms with Crippen molar-refractivity contribution >= 4 is 34.3 Å². The SMILES string of the molecule is CC(c1c[nH]c2ccccc12)N1CCC(N(CCC(=O)NCCc2ccc(Cl)cc2)C(=O)CC2CCCC2)CC1. The summed E-state index contributed by atoms with van der Waals surface area (Å²) in [4.78, 5) is 34.3. The molecule has 1 saturated carbocycles. The van der Waals surface area contributed by atoms with Crippen molar-refractivity contribution in [1.29, 1.82) is 0 Å². The number of hydrogen-bond acceptors (Lipinski definition) is 3. The molecule has 0 radical (unpaired) electrons. The van der Waals surface area contributed by atoms with Gasteiger partial charge in [0.25, 0.3) is 0 Å². The maximum Gasteiger partial charge on any atom is 0.223 e. The Bertz CT molecular complexity index is 1260. The molecule has 2 amide bonds. The summed E-state index contributed by atoms with van der Waals surface area (Å²) in [5.41, 5.74) is 3.65. The topological polar surface area (TPSA) is 68.4 Å². The van der Waals surface area contributed by atoms with E-state index in [0.29, 0.717) is 42.9 Å². The summed E-state index contributed by atoms with van der Waals surface area (Å²) in [6.45, 7) is 5.27. The second-order valence-corrected chi connectivity index (χ2v) is 12.1. The van der Waals surface area contributed by atoms with Gasteiger partial charge in [0.2, 0.25) is 11.8 Å². The molecule has 0 bridgehead atoms. The van der Waals surface area contributed by atoms with Crippen LogP contribution in [0.5, 0.6) is 0 Å². The van der Waals surface area contributed by atoms with E-state index in [4.69, 9.17) is 11.6 Å². The van der Waals surface area contributed by atoms with E-state index in [0.717, 1.165) is 50.8 Å². The number of aromatic amines is 1. The predicted molar refractivity (Wildman–Crippen MR) is 162 cm³/mol. The summed E-state index contributed by atoms with van der Waals surface area (Å²) in [5, 5.41) is 5.05. The van der Waals surface area contributed by atoms with E-state index in [1.807, 2.05) is 24.3 Å². The van der Waals surface area contributed by atoms with Crippen molar-refractivity contribution in [3.05, 3.63) is 70.9 Å². The fourth-order valence-corrected chi connectivity index (χ4v) is 6.74. The highest BCUT2D eigenvalue weighted by molar-refractivity contribution is 6.30. The van der Waals surface area contributed by atoms with Gasteiger partial charge in [0.15, 0.2) is 0 Å². The molecular weight excluding hydrogens is 520 g/mol. The lowest BCUT2D eigenvalue weighted by Gasteiger charge is -2.41. The van der Waals surface area contributed by atoms with Crippen molar-refractivity contribution in [3.8, 4) is 0 Å². The molecule has 1 saturated heterocycles. The number of carbonyl (C=O) groups excluding carboxylic acids is 2. The van der Waals surface area contributed by atoms with Crippen LogP contribution in [0.15, 0.2) is 54.7 Å². The van der Waals surface area contributed by atoms with Crippen molar-refractivity contribution in [2.45, 2.75) is 76.8 Å². The van der Waals surface area contributed by atoms with Crippen LogP contribution in [0.4, 0.5) is 0 Å². The number of likely N-dealkylation sites (tertiary alicyclic amines) is 1. The van der Waals surface area contributed by atoms with Crippen LogP contribution in [0.2, 0.25) is 5.02 Å². The average Bonchev–Trinajstić information content (AvgIpc) is 3.64. The third-order valence-corrected chi connectivity index (χ3v) is 9.30. The van der Waals surface area contributed by atoms with E-state index in [1.165, 1.54) is 29.3 Å². The van der Waals surface area contributed by atoms with Gasteiger partial charge in [-0.05, 0) is 74.3 Å². The zero-order valence-electron chi connectivity index (χ0n) is 23.7. The highest BCUT2D eigenvalue weighted by Gasteiger charge is 2.32. The van der Waals surface area contributed by atoms with Crippen molar-refractivity contribution in [2.24, 2.45) is 5.92 Å². The average molecular weight is 563 g/mol. The minimum absolute atomic E-state index is 0.0121. The third-order valence-electron chi connectivity index (χ3n) is 9.05. The summed E-state index contributed by atoms with van der Waals surface area (Å²) in [7, 11) is 0. The Kier molecular flexibility index (Phi) is 9.82. The maximum absolute atomic E-state index is 13.6. The number of para-hydroxylation sites is 1. The third kappa shape index (κ3) is 7.27. The van der Waals surface area contributed by atoms with Gasteiger partial charge >= 0.3 is 0 Å². The lowest BCUT2D eigenvalue weighted by atomic mass is 9.97. The fraction of sp³-hybridized carbons (Fsp3) is 0.515. The Hall–Kier alpha value is -2.83. The molecule has 2 fully saturated rings. The Labute approximate surface area is 243 Å². The lowest BCUT2D eigenvalue weighted by molar-refractivity contribution is -0.136. The highest BCUT2D eigenvalue weighted by Crippen LogP contribution is 2.32. The summed E-state index contributed by atoms with van der Waals surface area (Å²) in [6.07, 6.45) is 10.6. The van der Waals surface area contributed by atoms with Crippen LogP contribution in [-0.4, -0.2) is 58.8 Å². The minimum atomic E-state index is 0.0121. The van der Waals surface area contributed by atoms with Crippen LogP contribution in [0.1, 0.15) is 75.5 Å². The lowest BCUT2D eigenvalue weighted by Crippen LogP contribution is -2.49. The smallest absolute Gasteiger partial charge is 0.223 e. The number of fused-ring (bicyclic) bond motifs is 1. The standard InChI is InChI=1S/C33H43ClN4O2/c1-24(30-23-36-31-9-5-4-8-29(30)31)37-19-15-28(16-20-37)38(33(40)22-26-6-2-3-7-26)21-17-32(39)35-18-14-25-10-12-27(34)13-11-25/h4-5,8-13,23-24,26,28,36H,2-3,6-7,14-22H2,1H3,(H,35,39). The van der Waals surface area contributed by atoms with E-state index in [9.17, 15) is 9.59 Å². The Morgan fingerprint density at radius 1 is 1.05 bits per heavy atom. The number of halogens is 1. The molecule has 2 aromatic carbocycles. The number of rotatable bonds is 11. The molecule has 6 nitrogen and oxygen atoms in total. The number of benzene rings is 2. The molecule has 1 aliphatic heterocycles. The predicted octanol–water partition coefficient (Wildman–Crippen LogP) is 6.50. The normalized spacial score (nSPS) is 17.8. The Morgan fingerprint density at radius 3 is 2.52 bits per heavy atom. The zero-order chi connectivity index (χ0) is 27.9. The second kappa shape index (κ2) is 13.7. The van der Waals surface area contributed by atoms with Crippen molar-refractivity contribution < 1.29 is 9.59 Å². The molecule has 5 rings (SSSR count). The first-order chi connectivity index (χ1) is 19.5. The molecular formula is C33H43ClN4O2. The van der Waals surface area contributed by atoms with Crippen LogP contribution < -0.4 is 5.32 Å². The highest BCUT2D eigenvalue weighted by atomic mass is 35.5. The first-order valence-corrected chi connectivity index (χ1v) is 15.5. The van der Waals surface area contributed by atoms with E-state index in [2.05, 4.69) is 57.5 Å². The summed E-state index contributed by atoms with van der Waals surface area (Å²) in [5.74, 6) is 0.757. The number of amides is 2. The van der Waals surface area contributed by atoms with Crippen molar-refractivity contribution in [3.63, 3.8) is 0 Å². The molecule has 214 valence electrons. The number of nitrogens with one attached hydrogen (secondary N) is 2. The quantitative estimate of drug-likeness (QED) is 0.280. The number of H-pyrrole nitrogens is 1. The van der Waals surface area contributed by atoms with Crippen LogP contribution >= 0.6 is 11.6 Å². The largest absolute Gasteiger partial charge is 0.361 e. The first-order valence-electron chi connectivity index (χ1n) is 15.1. The second-order valence-electron chi connectivity index (χ2n) is 11.7. The summed E-state index contributed by atoms with van der Waals surface area (Å²) >= 11 is 5.97. The molecule has 7 heteroatoms. The molecule has 2 N–H and O–H groups in total. The molecule has 2 heterocycles. The summed E-state index contributed by atoms with van der Waals surface area (Å²) in [6, 6.07) is 16.7. The van der Waals surface area contributed by atoms with Gasteiger partial charge in [-0.3, -0.25) is 14.5 Å². The van der Waals surface area contributed by atoms with Gasteiger partial charge in [-0.25, -0.2) is 0 Å². The van der Waals surface area contributed by atoms with E-state index >= 15 is 0 Å². The van der Waals surface area contributed by atoms with Gasteiger partial charge in [0.1, 0.15) is 0 Å². The minimum Gasteiger partial charge on any atom is -0.361 e. The molecule has 40 heavy (non-hydrogen) atoms. The first kappa shape index (κ1) is 28.7. The number of nitrogens with zero attached hydrogens (tertiary/aromatic N) is 2. The number of hydrogen-bond donors (Lipinski definition) is 2. The van der Waals surface area contributed by atoms with Gasteiger partial charge in [-0.15, -0.1) is 0 Å². The number of aromatic nitrogens is 1.